The monoisotopic (exact) mass is 198 g/mol. The maximum atomic E-state index is 5.60. The molecule has 0 unspecified atom stereocenters. The Bertz CT molecular complexity index is 190. The summed E-state index contributed by atoms with van der Waals surface area (Å²) in [5.41, 5.74) is 1.43. The summed E-state index contributed by atoms with van der Waals surface area (Å²) in [6.45, 7) is 3.82. The highest BCUT2D eigenvalue weighted by Gasteiger charge is 2.06. The molecule has 0 spiro atoms. The van der Waals surface area contributed by atoms with Crippen LogP contribution in [0.2, 0.25) is 0 Å². The Balaban J connectivity index is 2.11. The van der Waals surface area contributed by atoms with Gasteiger partial charge >= 0.3 is 0 Å². The molecule has 0 N–H and O–H groups in total. The molecule has 0 fully saturated rings. The van der Waals surface area contributed by atoms with Gasteiger partial charge in [-0.1, -0.05) is 0 Å². The van der Waals surface area contributed by atoms with Crippen molar-refractivity contribution in [1.29, 1.82) is 0 Å². The molecule has 0 bridgehead atoms. The van der Waals surface area contributed by atoms with Crippen molar-refractivity contribution in [1.82, 2.24) is 9.80 Å². The smallest absolute Gasteiger partial charge is 0.0694 e. The fraction of sp³-hybridized carbons (Fsp3) is 0.818. The standard InChI is InChI=1S/C11H22N2O/c1-12(2)7-8-14-10-11-5-4-6-13(3)9-11/h9H,4-8,10H2,1-3H3. The van der Waals surface area contributed by atoms with Crippen LogP contribution in [0.15, 0.2) is 11.8 Å². The first kappa shape index (κ1) is 11.5. The van der Waals surface area contributed by atoms with Crippen molar-refractivity contribution in [3.05, 3.63) is 11.8 Å². The van der Waals surface area contributed by atoms with E-state index >= 15 is 0 Å². The van der Waals surface area contributed by atoms with E-state index in [9.17, 15) is 0 Å². The van der Waals surface area contributed by atoms with Crippen LogP contribution < -0.4 is 0 Å². The summed E-state index contributed by atoms with van der Waals surface area (Å²) in [7, 11) is 6.26. The first-order chi connectivity index (χ1) is 6.68. The molecule has 1 heterocycles. The average molecular weight is 198 g/mol. The van der Waals surface area contributed by atoms with Crippen LogP contribution in [0.4, 0.5) is 0 Å². The Kier molecular flexibility index (Phi) is 4.98. The zero-order valence-electron chi connectivity index (χ0n) is 9.62. The van der Waals surface area contributed by atoms with E-state index in [2.05, 4.69) is 37.1 Å². The van der Waals surface area contributed by atoms with Crippen LogP contribution in [0.5, 0.6) is 0 Å². The van der Waals surface area contributed by atoms with Gasteiger partial charge in [0.05, 0.1) is 13.2 Å². The Hall–Kier alpha value is -0.540. The highest BCUT2D eigenvalue weighted by Crippen LogP contribution is 2.12. The molecule has 3 nitrogen and oxygen atoms in total. The molecular formula is C11H22N2O. The number of likely N-dealkylation sites (N-methyl/N-ethyl adjacent to an activating group) is 1. The summed E-state index contributed by atoms with van der Waals surface area (Å²) in [6, 6.07) is 0. The average Bonchev–Trinajstić information content (AvgIpc) is 2.12. The van der Waals surface area contributed by atoms with Gasteiger partial charge in [-0.2, -0.15) is 0 Å². The van der Waals surface area contributed by atoms with E-state index in [0.29, 0.717) is 0 Å². The van der Waals surface area contributed by atoms with Crippen molar-refractivity contribution < 1.29 is 4.74 Å². The molecule has 0 aromatic carbocycles. The fourth-order valence-corrected chi connectivity index (χ4v) is 1.56. The summed E-state index contributed by atoms with van der Waals surface area (Å²) in [5.74, 6) is 0. The Morgan fingerprint density at radius 1 is 1.50 bits per heavy atom. The number of rotatable bonds is 5. The zero-order valence-corrected chi connectivity index (χ0v) is 9.62. The molecule has 1 aliphatic heterocycles. The largest absolute Gasteiger partial charge is 0.380 e. The van der Waals surface area contributed by atoms with E-state index in [1.807, 2.05) is 0 Å². The van der Waals surface area contributed by atoms with E-state index in [4.69, 9.17) is 4.74 Å². The third kappa shape index (κ3) is 4.63. The molecule has 1 rings (SSSR count). The molecule has 0 amide bonds. The molecule has 14 heavy (non-hydrogen) atoms. The lowest BCUT2D eigenvalue weighted by Gasteiger charge is -2.22. The molecule has 82 valence electrons. The molecule has 0 saturated carbocycles. The lowest BCUT2D eigenvalue weighted by molar-refractivity contribution is 0.132. The second-order valence-electron chi connectivity index (χ2n) is 4.23. The van der Waals surface area contributed by atoms with Crippen LogP contribution in [-0.2, 0) is 4.74 Å². The predicted octanol–water partition coefficient (Wildman–Crippen LogP) is 1.17. The summed E-state index contributed by atoms with van der Waals surface area (Å²) < 4.78 is 5.60. The minimum Gasteiger partial charge on any atom is -0.380 e. The number of ether oxygens (including phenoxy) is 1. The van der Waals surface area contributed by atoms with Gasteiger partial charge in [-0.3, -0.25) is 0 Å². The van der Waals surface area contributed by atoms with Crippen LogP contribution in [0, 0.1) is 0 Å². The van der Waals surface area contributed by atoms with E-state index in [-0.39, 0.29) is 0 Å². The topological polar surface area (TPSA) is 15.7 Å². The zero-order chi connectivity index (χ0) is 10.4. The molecule has 0 atom stereocenters. The van der Waals surface area contributed by atoms with Gasteiger partial charge in [0.1, 0.15) is 0 Å². The van der Waals surface area contributed by atoms with Crippen molar-refractivity contribution in [2.24, 2.45) is 0 Å². The van der Waals surface area contributed by atoms with E-state index < -0.39 is 0 Å². The Morgan fingerprint density at radius 3 is 2.93 bits per heavy atom. The predicted molar refractivity (Wildman–Crippen MR) is 59.3 cm³/mol. The molecule has 1 aliphatic rings. The van der Waals surface area contributed by atoms with E-state index in [0.717, 1.165) is 19.8 Å². The second-order valence-corrected chi connectivity index (χ2v) is 4.23. The van der Waals surface area contributed by atoms with Crippen molar-refractivity contribution in [3.8, 4) is 0 Å². The van der Waals surface area contributed by atoms with Gasteiger partial charge in [0.15, 0.2) is 0 Å². The SMILES string of the molecule is CN(C)CCOCC1=CN(C)CCC1. The number of hydrogen-bond acceptors (Lipinski definition) is 3. The van der Waals surface area contributed by atoms with Crippen molar-refractivity contribution in [2.75, 3.05) is 47.4 Å². The Morgan fingerprint density at radius 2 is 2.29 bits per heavy atom. The van der Waals surface area contributed by atoms with Gasteiger partial charge in [0, 0.05) is 26.3 Å². The van der Waals surface area contributed by atoms with Crippen LogP contribution in [0.1, 0.15) is 12.8 Å². The maximum absolute atomic E-state index is 5.60. The van der Waals surface area contributed by atoms with Gasteiger partial charge in [-0.05, 0) is 32.5 Å². The molecule has 0 aromatic heterocycles. The third-order valence-corrected chi connectivity index (χ3v) is 2.38. The van der Waals surface area contributed by atoms with Gasteiger partial charge in [0.25, 0.3) is 0 Å². The molecule has 0 radical (unpaired) electrons. The van der Waals surface area contributed by atoms with Crippen molar-refractivity contribution in [3.63, 3.8) is 0 Å². The summed E-state index contributed by atoms with van der Waals surface area (Å²) in [6.07, 6.45) is 4.69. The summed E-state index contributed by atoms with van der Waals surface area (Å²) in [4.78, 5) is 4.38. The molecule has 0 saturated heterocycles. The molecular weight excluding hydrogens is 176 g/mol. The molecule has 0 aliphatic carbocycles. The first-order valence-corrected chi connectivity index (χ1v) is 5.31. The molecule has 0 aromatic rings. The lowest BCUT2D eigenvalue weighted by Crippen LogP contribution is -2.21. The quantitative estimate of drug-likeness (QED) is 0.617. The van der Waals surface area contributed by atoms with Gasteiger partial charge < -0.3 is 14.5 Å². The minimum atomic E-state index is 0.804. The fourth-order valence-electron chi connectivity index (χ4n) is 1.56. The lowest BCUT2D eigenvalue weighted by atomic mass is 10.1. The summed E-state index contributed by atoms with van der Waals surface area (Å²) >= 11 is 0. The van der Waals surface area contributed by atoms with Crippen LogP contribution in [-0.4, -0.2) is 57.2 Å². The highest BCUT2D eigenvalue weighted by molar-refractivity contribution is 5.04. The second kappa shape index (κ2) is 6.04. The molecule has 3 heteroatoms. The van der Waals surface area contributed by atoms with E-state index in [1.165, 1.54) is 25.0 Å². The van der Waals surface area contributed by atoms with Crippen LogP contribution in [0.3, 0.4) is 0 Å². The van der Waals surface area contributed by atoms with E-state index in [1.54, 1.807) is 0 Å². The maximum Gasteiger partial charge on any atom is 0.0694 e. The Labute approximate surface area is 87.3 Å². The first-order valence-electron chi connectivity index (χ1n) is 5.31. The van der Waals surface area contributed by atoms with Crippen molar-refractivity contribution >= 4 is 0 Å². The van der Waals surface area contributed by atoms with Crippen LogP contribution >= 0.6 is 0 Å². The van der Waals surface area contributed by atoms with Crippen molar-refractivity contribution in [2.45, 2.75) is 12.8 Å². The van der Waals surface area contributed by atoms with Gasteiger partial charge in [0.2, 0.25) is 0 Å². The number of hydrogen-bond donors (Lipinski definition) is 0. The highest BCUT2D eigenvalue weighted by atomic mass is 16.5. The number of nitrogens with zero attached hydrogens (tertiary/aromatic N) is 2. The normalized spacial score (nSPS) is 17.4. The van der Waals surface area contributed by atoms with Gasteiger partial charge in [-0.25, -0.2) is 0 Å². The minimum absolute atomic E-state index is 0.804. The van der Waals surface area contributed by atoms with Crippen LogP contribution in [0.25, 0.3) is 0 Å². The third-order valence-electron chi connectivity index (χ3n) is 2.38. The summed E-state index contributed by atoms with van der Waals surface area (Å²) in [5, 5.41) is 0. The van der Waals surface area contributed by atoms with Gasteiger partial charge in [-0.15, -0.1) is 0 Å².